The predicted octanol–water partition coefficient (Wildman–Crippen LogP) is 10.4. The van der Waals surface area contributed by atoms with Crippen LogP contribution in [0.3, 0.4) is 0 Å². The minimum Gasteiger partial charge on any atom is -0.289 e. The Kier molecular flexibility index (Phi) is 6.98. The van der Waals surface area contributed by atoms with E-state index >= 15 is 4.57 Å². The molecule has 0 aliphatic carbocycles. The summed E-state index contributed by atoms with van der Waals surface area (Å²) in [6.45, 7) is 0. The fourth-order valence-corrected chi connectivity index (χ4v) is 10.5. The van der Waals surface area contributed by atoms with Gasteiger partial charge in [0, 0.05) is 43.8 Å². The van der Waals surface area contributed by atoms with E-state index in [0.29, 0.717) is 17.6 Å². The zero-order chi connectivity index (χ0) is 34.6. The number of benzene rings is 7. The number of aromatic nitrogens is 4. The maximum Gasteiger partial charge on any atom is 0.238 e. The van der Waals surface area contributed by atoms with Gasteiger partial charge in [0.25, 0.3) is 0 Å². The van der Waals surface area contributed by atoms with Gasteiger partial charge in [0.05, 0.1) is 16.7 Å². The van der Waals surface area contributed by atoms with Crippen molar-refractivity contribution >= 4 is 51.1 Å². The van der Waals surface area contributed by atoms with Crippen LogP contribution in [0.4, 0.5) is 11.4 Å². The number of fused-ring (bicyclic) bond motifs is 6. The molecule has 246 valence electrons. The van der Waals surface area contributed by atoms with E-state index in [-0.39, 0.29) is 0 Å². The van der Waals surface area contributed by atoms with E-state index in [1.807, 2.05) is 133 Å². The van der Waals surface area contributed by atoms with Crippen LogP contribution in [0.2, 0.25) is 0 Å². The highest BCUT2D eigenvalue weighted by Crippen LogP contribution is 2.61. The first-order chi connectivity index (χ1) is 25.7. The predicted molar refractivity (Wildman–Crippen MR) is 212 cm³/mol. The molecule has 1 unspecified atom stereocenters. The molecular formula is C45H30N5OP. The smallest absolute Gasteiger partial charge is 0.238 e. The number of anilines is 2. The number of para-hydroxylation sites is 3. The molecule has 7 aromatic carbocycles. The molecule has 6 nitrogen and oxygen atoms in total. The van der Waals surface area contributed by atoms with Crippen LogP contribution < -0.4 is 15.3 Å². The summed E-state index contributed by atoms with van der Waals surface area (Å²) in [5.74, 6) is 1.64. The number of hydrogen-bond acceptors (Lipinski definition) is 4. The average molecular weight is 688 g/mol. The standard InChI is InChI=1S/C45H30N5OP/c51-52(34-23-11-4-12-24-34)42-30-41-37(29-38(42)36-26-14-16-28-40(36)50(52)33-21-9-3-10-22-33)35-25-13-15-27-39(35)49(41)45-47-43(31-17-5-1-6-18-31)46-44(48-45)32-19-7-2-8-20-32/h1-30H. The van der Waals surface area contributed by atoms with Gasteiger partial charge in [-0.2, -0.15) is 9.97 Å². The van der Waals surface area contributed by atoms with Crippen LogP contribution in [0.1, 0.15) is 0 Å². The third kappa shape index (κ3) is 4.65. The summed E-state index contributed by atoms with van der Waals surface area (Å²) in [5, 5.41) is 3.61. The fraction of sp³-hybridized carbons (Fsp3) is 0. The van der Waals surface area contributed by atoms with Gasteiger partial charge in [0.2, 0.25) is 13.2 Å². The molecule has 7 heteroatoms. The van der Waals surface area contributed by atoms with E-state index in [4.69, 9.17) is 15.0 Å². The third-order valence-corrected chi connectivity index (χ3v) is 12.8. The van der Waals surface area contributed by atoms with Crippen molar-refractivity contribution in [2.45, 2.75) is 0 Å². The Hall–Kier alpha value is -6.62. The maximum atomic E-state index is 16.4. The van der Waals surface area contributed by atoms with Gasteiger partial charge in [-0.15, -0.1) is 0 Å². The zero-order valence-electron chi connectivity index (χ0n) is 27.9. The summed E-state index contributed by atoms with van der Waals surface area (Å²) < 4.78 is 20.6. The summed E-state index contributed by atoms with van der Waals surface area (Å²) in [7, 11) is -3.53. The molecule has 10 rings (SSSR count). The summed E-state index contributed by atoms with van der Waals surface area (Å²) >= 11 is 0. The summed E-state index contributed by atoms with van der Waals surface area (Å²) in [5.41, 5.74) is 7.37. The van der Waals surface area contributed by atoms with Crippen LogP contribution in [0.15, 0.2) is 182 Å². The molecule has 1 atom stereocenters. The van der Waals surface area contributed by atoms with Gasteiger partial charge in [-0.1, -0.05) is 133 Å². The molecule has 0 radical (unpaired) electrons. The minimum atomic E-state index is -3.53. The van der Waals surface area contributed by atoms with Crippen LogP contribution in [-0.4, -0.2) is 19.5 Å². The van der Waals surface area contributed by atoms with Crippen molar-refractivity contribution in [3.05, 3.63) is 182 Å². The lowest BCUT2D eigenvalue weighted by Gasteiger charge is -2.40. The molecular weight excluding hydrogens is 658 g/mol. The van der Waals surface area contributed by atoms with E-state index in [0.717, 1.165) is 66.0 Å². The van der Waals surface area contributed by atoms with Gasteiger partial charge >= 0.3 is 0 Å². The van der Waals surface area contributed by atoms with Crippen molar-refractivity contribution in [3.63, 3.8) is 0 Å². The molecule has 0 amide bonds. The van der Waals surface area contributed by atoms with E-state index in [1.165, 1.54) is 0 Å². The van der Waals surface area contributed by atoms with Crippen molar-refractivity contribution in [2.24, 2.45) is 0 Å². The lowest BCUT2D eigenvalue weighted by molar-refractivity contribution is 0.587. The number of rotatable bonds is 5. The topological polar surface area (TPSA) is 63.9 Å². The van der Waals surface area contributed by atoms with E-state index in [9.17, 15) is 0 Å². The lowest BCUT2D eigenvalue weighted by atomic mass is 10.00. The van der Waals surface area contributed by atoms with Crippen molar-refractivity contribution < 1.29 is 4.57 Å². The summed E-state index contributed by atoms with van der Waals surface area (Å²) in [6.07, 6.45) is 0. The molecule has 0 spiro atoms. The van der Waals surface area contributed by atoms with Gasteiger partial charge < -0.3 is 0 Å². The first-order valence-electron chi connectivity index (χ1n) is 17.2. The van der Waals surface area contributed by atoms with Crippen molar-refractivity contribution in [2.75, 3.05) is 4.67 Å². The second-order valence-corrected chi connectivity index (χ2v) is 15.4. The Morgan fingerprint density at radius 2 is 1.02 bits per heavy atom. The van der Waals surface area contributed by atoms with Gasteiger partial charge in [-0.25, -0.2) is 4.98 Å². The molecule has 0 fully saturated rings. The SMILES string of the molecule is O=P1(c2ccccc2)c2cc3c(cc2-c2ccccc2N1c1ccccc1)c1ccccc1n3-c1nc(-c2ccccc2)nc(-c2ccccc2)n1. The van der Waals surface area contributed by atoms with Crippen LogP contribution in [0.5, 0.6) is 0 Å². The first kappa shape index (κ1) is 30.2. The highest BCUT2D eigenvalue weighted by molar-refractivity contribution is 7.80. The van der Waals surface area contributed by atoms with Crippen LogP contribution in [-0.2, 0) is 4.57 Å². The molecule has 3 heterocycles. The molecule has 52 heavy (non-hydrogen) atoms. The summed E-state index contributed by atoms with van der Waals surface area (Å²) in [6, 6.07) is 60.9. The van der Waals surface area contributed by atoms with Gasteiger partial charge in [0.1, 0.15) is 0 Å². The van der Waals surface area contributed by atoms with Crippen molar-refractivity contribution in [3.8, 4) is 39.9 Å². The summed E-state index contributed by atoms with van der Waals surface area (Å²) in [4.78, 5) is 15.2. The third-order valence-electron chi connectivity index (χ3n) is 9.82. The van der Waals surface area contributed by atoms with Crippen molar-refractivity contribution in [1.29, 1.82) is 0 Å². The van der Waals surface area contributed by atoms with Crippen LogP contribution in [0, 0.1) is 0 Å². The molecule has 0 saturated carbocycles. The molecule has 2 aromatic heterocycles. The van der Waals surface area contributed by atoms with Crippen LogP contribution in [0.25, 0.3) is 61.7 Å². The highest BCUT2D eigenvalue weighted by atomic mass is 31.2. The Balaban J connectivity index is 1.33. The second kappa shape index (κ2) is 12.0. The van der Waals surface area contributed by atoms with Gasteiger partial charge in [-0.3, -0.25) is 13.8 Å². The fourth-order valence-electron chi connectivity index (χ4n) is 7.48. The first-order valence-corrected chi connectivity index (χ1v) is 18.9. The molecule has 1 aliphatic rings. The average Bonchev–Trinajstić information content (AvgIpc) is 3.55. The van der Waals surface area contributed by atoms with E-state index < -0.39 is 7.29 Å². The van der Waals surface area contributed by atoms with E-state index in [2.05, 4.69) is 57.8 Å². The lowest BCUT2D eigenvalue weighted by Crippen LogP contribution is -2.33. The molecule has 9 aromatic rings. The number of nitrogens with zero attached hydrogens (tertiary/aromatic N) is 5. The monoisotopic (exact) mass is 687 g/mol. The maximum absolute atomic E-state index is 16.4. The van der Waals surface area contributed by atoms with Gasteiger partial charge in [0.15, 0.2) is 11.6 Å². The molecule has 0 bridgehead atoms. The zero-order valence-corrected chi connectivity index (χ0v) is 28.8. The second-order valence-electron chi connectivity index (χ2n) is 12.8. The molecule has 0 saturated heterocycles. The van der Waals surface area contributed by atoms with Crippen LogP contribution >= 0.6 is 7.29 Å². The Bertz CT molecular complexity index is 2760. The van der Waals surface area contributed by atoms with E-state index in [1.54, 1.807) is 0 Å². The largest absolute Gasteiger partial charge is 0.289 e. The molecule has 0 N–H and O–H groups in total. The Morgan fingerprint density at radius 1 is 0.462 bits per heavy atom. The minimum absolute atomic E-state index is 0.490. The normalized spacial score (nSPS) is 15.0. The Labute approximate surface area is 300 Å². The highest BCUT2D eigenvalue weighted by Gasteiger charge is 2.43. The Morgan fingerprint density at radius 3 is 1.69 bits per heavy atom. The number of hydrogen-bond donors (Lipinski definition) is 0. The molecule has 1 aliphatic heterocycles. The van der Waals surface area contributed by atoms with Crippen molar-refractivity contribution in [1.82, 2.24) is 19.5 Å². The quantitative estimate of drug-likeness (QED) is 0.169. The van der Waals surface area contributed by atoms with Gasteiger partial charge in [-0.05, 0) is 54.1 Å².